The minimum absolute atomic E-state index is 0.0572. The van der Waals surface area contributed by atoms with Gasteiger partial charge < -0.3 is 4.74 Å². The quantitative estimate of drug-likeness (QED) is 0.577. The monoisotopic (exact) mass is 349 g/mol. The van der Waals surface area contributed by atoms with Crippen molar-refractivity contribution >= 4 is 23.1 Å². The molecule has 0 saturated carbocycles. The van der Waals surface area contributed by atoms with Crippen LogP contribution < -0.4 is 4.74 Å². The second-order valence-electron chi connectivity index (χ2n) is 4.70. The summed E-state index contributed by atoms with van der Waals surface area (Å²) >= 11 is 2.86. The molecule has 0 radical (unpaired) electrons. The topological polar surface area (TPSA) is 22.1 Å². The lowest BCUT2D eigenvalue weighted by molar-refractivity contribution is 0.414. The standard InChI is InChI=1S/C17H13F2NOS2/c1-21-12-5-7-13(8-6-12)22-9-11-10-23-17(20-11)16-14(18)3-2-4-15(16)19/h2-8,10H,9H2,1H3. The fraction of sp³-hybridized carbons (Fsp3) is 0.118. The molecule has 0 bridgehead atoms. The zero-order valence-corrected chi connectivity index (χ0v) is 13.9. The Labute approximate surface area is 141 Å². The van der Waals surface area contributed by atoms with Gasteiger partial charge in [-0.1, -0.05) is 6.07 Å². The molecule has 118 valence electrons. The number of hydrogen-bond donors (Lipinski definition) is 0. The third-order valence-electron chi connectivity index (χ3n) is 3.17. The fourth-order valence-corrected chi connectivity index (χ4v) is 3.78. The Hall–Kier alpha value is -1.92. The Bertz CT molecular complexity index is 782. The molecule has 0 fully saturated rings. The van der Waals surface area contributed by atoms with Crippen LogP contribution in [0.5, 0.6) is 5.75 Å². The summed E-state index contributed by atoms with van der Waals surface area (Å²) in [7, 11) is 1.63. The van der Waals surface area contributed by atoms with Gasteiger partial charge in [0.2, 0.25) is 0 Å². The second-order valence-corrected chi connectivity index (χ2v) is 6.61. The van der Waals surface area contributed by atoms with Crippen LogP contribution in [0.25, 0.3) is 10.6 Å². The number of benzene rings is 2. The van der Waals surface area contributed by atoms with Crippen LogP contribution in [-0.2, 0) is 5.75 Å². The lowest BCUT2D eigenvalue weighted by Crippen LogP contribution is -1.89. The van der Waals surface area contributed by atoms with Crippen LogP contribution in [0.3, 0.4) is 0 Å². The van der Waals surface area contributed by atoms with Crippen LogP contribution in [0.15, 0.2) is 52.7 Å². The smallest absolute Gasteiger partial charge is 0.136 e. The number of ether oxygens (including phenoxy) is 1. The van der Waals surface area contributed by atoms with Crippen molar-refractivity contribution in [2.45, 2.75) is 10.6 Å². The maximum absolute atomic E-state index is 13.8. The van der Waals surface area contributed by atoms with Gasteiger partial charge in [-0.15, -0.1) is 23.1 Å². The minimum Gasteiger partial charge on any atom is -0.497 e. The lowest BCUT2D eigenvalue weighted by atomic mass is 10.2. The number of hydrogen-bond acceptors (Lipinski definition) is 4. The Morgan fingerprint density at radius 2 is 1.78 bits per heavy atom. The summed E-state index contributed by atoms with van der Waals surface area (Å²) in [5.74, 6) is 0.265. The van der Waals surface area contributed by atoms with E-state index in [2.05, 4.69) is 4.98 Å². The van der Waals surface area contributed by atoms with E-state index in [4.69, 9.17) is 4.74 Å². The van der Waals surface area contributed by atoms with Crippen LogP contribution in [0.1, 0.15) is 5.69 Å². The van der Waals surface area contributed by atoms with Gasteiger partial charge >= 0.3 is 0 Å². The highest BCUT2D eigenvalue weighted by molar-refractivity contribution is 7.98. The summed E-state index contributed by atoms with van der Waals surface area (Å²) in [6, 6.07) is 11.5. The van der Waals surface area contributed by atoms with Gasteiger partial charge in [0.05, 0.1) is 18.4 Å². The molecule has 0 aliphatic heterocycles. The maximum Gasteiger partial charge on any atom is 0.136 e. The Kier molecular flexibility index (Phi) is 4.93. The molecule has 2 aromatic carbocycles. The average molecular weight is 349 g/mol. The van der Waals surface area contributed by atoms with E-state index in [0.717, 1.165) is 16.3 Å². The van der Waals surface area contributed by atoms with Gasteiger partial charge in [-0.3, -0.25) is 0 Å². The molecule has 3 aromatic rings. The molecule has 0 amide bonds. The predicted molar refractivity (Wildman–Crippen MR) is 90.0 cm³/mol. The van der Waals surface area contributed by atoms with Crippen LogP contribution >= 0.6 is 23.1 Å². The van der Waals surface area contributed by atoms with Gasteiger partial charge in [0.1, 0.15) is 22.4 Å². The van der Waals surface area contributed by atoms with Gasteiger partial charge in [0, 0.05) is 16.0 Å². The van der Waals surface area contributed by atoms with Crippen molar-refractivity contribution in [2.24, 2.45) is 0 Å². The molecule has 3 rings (SSSR count). The molecule has 0 atom stereocenters. The Balaban J connectivity index is 1.72. The molecule has 0 aliphatic rings. The van der Waals surface area contributed by atoms with E-state index in [0.29, 0.717) is 10.8 Å². The summed E-state index contributed by atoms with van der Waals surface area (Å²) in [5.41, 5.74) is 0.742. The summed E-state index contributed by atoms with van der Waals surface area (Å²) < 4.78 is 32.7. The zero-order valence-electron chi connectivity index (χ0n) is 12.3. The molecular weight excluding hydrogens is 336 g/mol. The average Bonchev–Trinajstić information content (AvgIpc) is 3.02. The van der Waals surface area contributed by atoms with E-state index in [1.54, 1.807) is 18.9 Å². The van der Waals surface area contributed by atoms with E-state index >= 15 is 0 Å². The third-order valence-corrected chi connectivity index (χ3v) is 5.13. The van der Waals surface area contributed by atoms with Gasteiger partial charge in [0.25, 0.3) is 0 Å². The third kappa shape index (κ3) is 3.71. The predicted octanol–water partition coefficient (Wildman–Crippen LogP) is 5.39. The zero-order chi connectivity index (χ0) is 16.2. The fourth-order valence-electron chi connectivity index (χ4n) is 2.02. The van der Waals surface area contributed by atoms with Crippen LogP contribution in [0.4, 0.5) is 8.78 Å². The second kappa shape index (κ2) is 7.10. The van der Waals surface area contributed by atoms with Crippen molar-refractivity contribution in [1.29, 1.82) is 0 Å². The van der Waals surface area contributed by atoms with Crippen LogP contribution in [-0.4, -0.2) is 12.1 Å². The molecule has 1 aromatic heterocycles. The van der Waals surface area contributed by atoms with Crippen molar-refractivity contribution in [1.82, 2.24) is 4.98 Å². The van der Waals surface area contributed by atoms with Gasteiger partial charge in [-0.2, -0.15) is 0 Å². The van der Waals surface area contributed by atoms with E-state index in [1.165, 1.54) is 29.5 Å². The first-order valence-corrected chi connectivity index (χ1v) is 8.69. The van der Waals surface area contributed by atoms with Gasteiger partial charge in [-0.25, -0.2) is 13.8 Å². The summed E-state index contributed by atoms with van der Waals surface area (Å²) in [5, 5.41) is 2.20. The molecule has 0 unspecified atom stereocenters. The molecule has 2 nitrogen and oxygen atoms in total. The lowest BCUT2D eigenvalue weighted by Gasteiger charge is -2.02. The normalized spacial score (nSPS) is 10.7. The van der Waals surface area contributed by atoms with E-state index in [-0.39, 0.29) is 5.56 Å². The van der Waals surface area contributed by atoms with Crippen molar-refractivity contribution in [3.63, 3.8) is 0 Å². The summed E-state index contributed by atoms with van der Waals surface area (Å²) in [6.45, 7) is 0. The molecule has 0 aliphatic carbocycles. The first-order chi connectivity index (χ1) is 11.2. The van der Waals surface area contributed by atoms with Crippen LogP contribution in [0.2, 0.25) is 0 Å². The van der Waals surface area contributed by atoms with E-state index < -0.39 is 11.6 Å². The van der Waals surface area contributed by atoms with Crippen LogP contribution in [0, 0.1) is 11.6 Å². The molecule has 0 N–H and O–H groups in total. The summed E-state index contributed by atoms with van der Waals surface area (Å²) in [4.78, 5) is 5.42. The molecule has 0 saturated heterocycles. The summed E-state index contributed by atoms with van der Waals surface area (Å²) in [6.07, 6.45) is 0. The number of aromatic nitrogens is 1. The van der Waals surface area contributed by atoms with Crippen molar-refractivity contribution in [3.8, 4) is 16.3 Å². The highest BCUT2D eigenvalue weighted by Crippen LogP contribution is 2.31. The number of thiazole rings is 1. The van der Waals surface area contributed by atoms with Gasteiger partial charge in [0.15, 0.2) is 0 Å². The first-order valence-electron chi connectivity index (χ1n) is 6.83. The molecule has 1 heterocycles. The number of rotatable bonds is 5. The SMILES string of the molecule is COc1ccc(SCc2csc(-c3c(F)cccc3F)n2)cc1. The van der Waals surface area contributed by atoms with E-state index in [1.807, 2.05) is 29.6 Å². The maximum atomic E-state index is 13.8. The first kappa shape index (κ1) is 16.0. The number of halogens is 2. The van der Waals surface area contributed by atoms with Crippen molar-refractivity contribution < 1.29 is 13.5 Å². The highest BCUT2D eigenvalue weighted by Gasteiger charge is 2.14. The van der Waals surface area contributed by atoms with Crippen molar-refractivity contribution in [2.75, 3.05) is 7.11 Å². The minimum atomic E-state index is -0.589. The number of methoxy groups -OCH3 is 1. The Morgan fingerprint density at radius 1 is 1.09 bits per heavy atom. The van der Waals surface area contributed by atoms with Gasteiger partial charge in [-0.05, 0) is 36.4 Å². The van der Waals surface area contributed by atoms with Crippen molar-refractivity contribution in [3.05, 3.63) is 65.2 Å². The molecule has 0 spiro atoms. The highest BCUT2D eigenvalue weighted by atomic mass is 32.2. The molecular formula is C17H13F2NOS2. The number of nitrogens with zero attached hydrogens (tertiary/aromatic N) is 1. The molecule has 6 heteroatoms. The van der Waals surface area contributed by atoms with E-state index in [9.17, 15) is 8.78 Å². The number of thioether (sulfide) groups is 1. The Morgan fingerprint density at radius 3 is 2.43 bits per heavy atom. The molecule has 23 heavy (non-hydrogen) atoms. The largest absolute Gasteiger partial charge is 0.497 e.